The van der Waals surface area contributed by atoms with E-state index in [9.17, 15) is 5.21 Å². The summed E-state index contributed by atoms with van der Waals surface area (Å²) < 4.78 is 10.6. The molecule has 1 saturated heterocycles. The van der Waals surface area contributed by atoms with Gasteiger partial charge in [0.15, 0.2) is 0 Å². The molecule has 0 bridgehead atoms. The number of nitrogens with zero attached hydrogens (tertiary/aromatic N) is 1. The Morgan fingerprint density at radius 3 is 1.89 bits per heavy atom. The van der Waals surface area contributed by atoms with E-state index in [1.807, 2.05) is 24.3 Å². The number of benzene rings is 2. The zero-order valence-electron chi connectivity index (χ0n) is 16.3. The van der Waals surface area contributed by atoms with Crippen LogP contribution in [0, 0.1) is 11.8 Å². The van der Waals surface area contributed by atoms with E-state index >= 15 is 0 Å². The minimum Gasteiger partial charge on any atom is -0.497 e. The summed E-state index contributed by atoms with van der Waals surface area (Å²) in [7, 11) is 3.33. The number of hydrogen-bond donors (Lipinski definition) is 2. The van der Waals surface area contributed by atoms with E-state index in [2.05, 4.69) is 48.6 Å². The highest BCUT2D eigenvalue weighted by molar-refractivity contribution is 5.89. The molecule has 1 aliphatic heterocycles. The van der Waals surface area contributed by atoms with Gasteiger partial charge in [-0.3, -0.25) is 0 Å². The van der Waals surface area contributed by atoms with E-state index in [-0.39, 0.29) is 18.0 Å². The third kappa shape index (κ3) is 4.08. The topological polar surface area (TPSA) is 63.1 Å². The summed E-state index contributed by atoms with van der Waals surface area (Å²) >= 11 is 0. The fourth-order valence-corrected chi connectivity index (χ4v) is 3.96. The molecule has 2 aromatic carbocycles. The van der Waals surface area contributed by atoms with Gasteiger partial charge in [-0.1, -0.05) is 43.3 Å². The summed E-state index contributed by atoms with van der Waals surface area (Å²) in [6, 6.07) is 16.3. The van der Waals surface area contributed by atoms with Crippen LogP contribution in [-0.2, 0) is 0 Å². The highest BCUT2D eigenvalue weighted by Gasteiger charge is 2.38. The number of piperidine rings is 1. The third-order valence-corrected chi connectivity index (χ3v) is 5.38. The van der Waals surface area contributed by atoms with Gasteiger partial charge in [0, 0.05) is 24.4 Å². The van der Waals surface area contributed by atoms with E-state index in [4.69, 9.17) is 9.47 Å². The van der Waals surface area contributed by atoms with E-state index in [0.717, 1.165) is 28.3 Å². The SMILES string of the molecule is COc1ccc(C2CC(=NO)C(C(C)C)C(c3ccc(OC)cc3)N2)cc1. The van der Waals surface area contributed by atoms with Crippen LogP contribution in [0.15, 0.2) is 53.7 Å². The first-order chi connectivity index (χ1) is 13.1. The zero-order valence-corrected chi connectivity index (χ0v) is 16.3. The fraction of sp³-hybridized carbons (Fsp3) is 0.409. The Bertz CT molecular complexity index is 769. The van der Waals surface area contributed by atoms with E-state index in [1.165, 1.54) is 0 Å². The van der Waals surface area contributed by atoms with Gasteiger partial charge in [-0.15, -0.1) is 0 Å². The Morgan fingerprint density at radius 2 is 1.44 bits per heavy atom. The number of hydrogen-bond acceptors (Lipinski definition) is 5. The molecule has 27 heavy (non-hydrogen) atoms. The molecule has 0 spiro atoms. The van der Waals surface area contributed by atoms with Gasteiger partial charge in [0.1, 0.15) is 11.5 Å². The van der Waals surface area contributed by atoms with Crippen molar-refractivity contribution < 1.29 is 14.7 Å². The maximum Gasteiger partial charge on any atom is 0.118 e. The largest absolute Gasteiger partial charge is 0.497 e. The lowest BCUT2D eigenvalue weighted by atomic mass is 9.75. The molecule has 2 aromatic rings. The van der Waals surface area contributed by atoms with Gasteiger partial charge in [-0.2, -0.15) is 0 Å². The molecule has 1 fully saturated rings. The van der Waals surface area contributed by atoms with Gasteiger partial charge in [-0.25, -0.2) is 0 Å². The van der Waals surface area contributed by atoms with Crippen molar-refractivity contribution in [3.63, 3.8) is 0 Å². The molecule has 5 nitrogen and oxygen atoms in total. The minimum atomic E-state index is 0.0580. The summed E-state index contributed by atoms with van der Waals surface area (Å²) in [5.74, 6) is 2.13. The Morgan fingerprint density at radius 1 is 0.926 bits per heavy atom. The summed E-state index contributed by atoms with van der Waals surface area (Å²) in [6.45, 7) is 4.34. The lowest BCUT2D eigenvalue weighted by Crippen LogP contribution is -2.44. The average Bonchev–Trinajstić information content (AvgIpc) is 2.72. The molecule has 1 heterocycles. The van der Waals surface area contributed by atoms with Crippen LogP contribution in [0.3, 0.4) is 0 Å². The molecule has 144 valence electrons. The highest BCUT2D eigenvalue weighted by Crippen LogP contribution is 2.39. The second-order valence-corrected chi connectivity index (χ2v) is 7.31. The number of ether oxygens (including phenoxy) is 2. The first-order valence-corrected chi connectivity index (χ1v) is 9.32. The predicted molar refractivity (Wildman–Crippen MR) is 107 cm³/mol. The molecule has 1 aliphatic rings. The Kier molecular flexibility index (Phi) is 6.01. The predicted octanol–water partition coefficient (Wildman–Crippen LogP) is 4.58. The van der Waals surface area contributed by atoms with Crippen LogP contribution in [0.2, 0.25) is 0 Å². The van der Waals surface area contributed by atoms with Crippen LogP contribution in [0.5, 0.6) is 11.5 Å². The zero-order chi connectivity index (χ0) is 19.4. The van der Waals surface area contributed by atoms with Crippen molar-refractivity contribution in [2.45, 2.75) is 32.4 Å². The van der Waals surface area contributed by atoms with Crippen molar-refractivity contribution in [2.24, 2.45) is 17.0 Å². The van der Waals surface area contributed by atoms with Crippen LogP contribution >= 0.6 is 0 Å². The molecule has 0 saturated carbocycles. The number of oxime groups is 1. The molecular formula is C22H28N2O3. The maximum absolute atomic E-state index is 9.72. The van der Waals surface area contributed by atoms with Crippen molar-refractivity contribution in [1.29, 1.82) is 0 Å². The normalized spacial score (nSPS) is 24.2. The van der Waals surface area contributed by atoms with E-state index in [0.29, 0.717) is 12.3 Å². The van der Waals surface area contributed by atoms with E-state index in [1.54, 1.807) is 14.2 Å². The van der Waals surface area contributed by atoms with Crippen molar-refractivity contribution in [3.8, 4) is 11.5 Å². The molecule has 0 aliphatic carbocycles. The lowest BCUT2D eigenvalue weighted by molar-refractivity contribution is 0.263. The van der Waals surface area contributed by atoms with Gasteiger partial charge < -0.3 is 20.0 Å². The quantitative estimate of drug-likeness (QED) is 0.599. The van der Waals surface area contributed by atoms with Crippen LogP contribution in [0.4, 0.5) is 0 Å². The molecular weight excluding hydrogens is 340 g/mol. The molecule has 3 rings (SSSR count). The summed E-state index contributed by atoms with van der Waals surface area (Å²) in [5.41, 5.74) is 3.15. The maximum atomic E-state index is 9.72. The molecule has 0 amide bonds. The van der Waals surface area contributed by atoms with Gasteiger partial charge >= 0.3 is 0 Å². The Balaban J connectivity index is 1.95. The third-order valence-electron chi connectivity index (χ3n) is 5.38. The average molecular weight is 368 g/mol. The molecule has 3 atom stereocenters. The van der Waals surface area contributed by atoms with E-state index < -0.39 is 0 Å². The minimum absolute atomic E-state index is 0.0580. The van der Waals surface area contributed by atoms with Crippen LogP contribution in [0.1, 0.15) is 43.5 Å². The van der Waals surface area contributed by atoms with Crippen molar-refractivity contribution in [2.75, 3.05) is 14.2 Å². The van der Waals surface area contributed by atoms with Gasteiger partial charge in [-0.05, 0) is 41.3 Å². The van der Waals surface area contributed by atoms with Gasteiger partial charge in [0.05, 0.1) is 19.9 Å². The number of nitrogens with one attached hydrogen (secondary N) is 1. The smallest absolute Gasteiger partial charge is 0.118 e. The standard InChI is InChI=1S/C22H28N2O3/c1-14(2)21-20(24-25)13-19(15-5-9-17(26-3)10-6-15)23-22(21)16-7-11-18(27-4)12-8-16/h5-12,14,19,21-23,25H,13H2,1-4H3. The highest BCUT2D eigenvalue weighted by atomic mass is 16.5. The van der Waals surface area contributed by atoms with Crippen LogP contribution in [0.25, 0.3) is 0 Å². The van der Waals surface area contributed by atoms with Crippen molar-refractivity contribution in [1.82, 2.24) is 5.32 Å². The molecule has 0 radical (unpaired) electrons. The molecule has 3 unspecified atom stereocenters. The molecule has 5 heteroatoms. The molecule has 0 aromatic heterocycles. The van der Waals surface area contributed by atoms with Crippen molar-refractivity contribution in [3.05, 3.63) is 59.7 Å². The summed E-state index contributed by atoms with van der Waals surface area (Å²) in [6.07, 6.45) is 0.679. The van der Waals surface area contributed by atoms with Gasteiger partial charge in [0.25, 0.3) is 0 Å². The second kappa shape index (κ2) is 8.44. The lowest BCUT2D eigenvalue weighted by Gasteiger charge is -2.40. The summed E-state index contributed by atoms with van der Waals surface area (Å²) in [5, 5.41) is 17.2. The monoisotopic (exact) mass is 368 g/mol. The first kappa shape index (κ1) is 19.2. The van der Waals surface area contributed by atoms with Crippen LogP contribution < -0.4 is 14.8 Å². The Hall–Kier alpha value is -2.53. The van der Waals surface area contributed by atoms with Gasteiger partial charge in [0.2, 0.25) is 0 Å². The molecule has 2 N–H and O–H groups in total. The van der Waals surface area contributed by atoms with Crippen LogP contribution in [-0.4, -0.2) is 25.1 Å². The number of rotatable bonds is 5. The Labute approximate surface area is 161 Å². The van der Waals surface area contributed by atoms with Crippen molar-refractivity contribution >= 4 is 5.71 Å². The number of methoxy groups -OCH3 is 2. The second-order valence-electron chi connectivity index (χ2n) is 7.31. The first-order valence-electron chi connectivity index (χ1n) is 9.32. The fourth-order valence-electron chi connectivity index (χ4n) is 3.96. The summed E-state index contributed by atoms with van der Waals surface area (Å²) in [4.78, 5) is 0.